The van der Waals surface area contributed by atoms with Crippen LogP contribution in [0.15, 0.2) is 66.0 Å². The molecule has 0 atom stereocenters. The standard InChI is InChI=1S/C44H44F4N12O3S/c1-4-28-16-35-36(55-38(28)61)15-27(20-50-35)25-57-13-11-56(12-14-57)24-26-7-9-58(10-8-26)41-52-21-29(22-53-41)54-39(62)32-6-5-30(18-34(32)45)60-42(64)59(40(63)43(60,2)3)31-17-33(44(46,47)48)37(19-49)51-23-31/h5-6,15-18,20-23,26H,4,7-14,24-25H2,1-3H3,(H,54,62)(H,55,61). The van der Waals surface area contributed by atoms with Crippen molar-refractivity contribution < 1.29 is 27.2 Å². The Kier molecular flexibility index (Phi) is 12.2. The zero-order valence-electron chi connectivity index (χ0n) is 35.2. The summed E-state index contributed by atoms with van der Waals surface area (Å²) in [4.78, 5) is 68.3. The van der Waals surface area contributed by atoms with Gasteiger partial charge >= 0.3 is 6.18 Å². The monoisotopic (exact) mass is 896 g/mol. The van der Waals surface area contributed by atoms with E-state index in [1.807, 2.05) is 25.3 Å². The van der Waals surface area contributed by atoms with Gasteiger partial charge < -0.3 is 25.0 Å². The first kappa shape index (κ1) is 44.2. The second-order valence-corrected chi connectivity index (χ2v) is 17.0. The minimum Gasteiger partial charge on any atom is -0.341 e. The number of halogens is 4. The van der Waals surface area contributed by atoms with E-state index in [2.05, 4.69) is 44.9 Å². The zero-order chi connectivity index (χ0) is 45.5. The van der Waals surface area contributed by atoms with Crippen LogP contribution in [-0.2, 0) is 23.9 Å². The Morgan fingerprint density at radius 2 is 1.64 bits per heavy atom. The zero-order valence-corrected chi connectivity index (χ0v) is 36.1. The fourth-order valence-corrected chi connectivity index (χ4v) is 9.02. The number of benzene rings is 1. The number of nitrogens with zero attached hydrogens (tertiary/aromatic N) is 10. The maximum Gasteiger partial charge on any atom is 0.419 e. The summed E-state index contributed by atoms with van der Waals surface area (Å²) in [7, 11) is 0. The first-order valence-electron chi connectivity index (χ1n) is 20.8. The maximum atomic E-state index is 15.6. The summed E-state index contributed by atoms with van der Waals surface area (Å²) in [5.74, 6) is -1.37. The number of amides is 2. The molecule has 64 heavy (non-hydrogen) atoms. The molecule has 4 aromatic heterocycles. The van der Waals surface area contributed by atoms with Crippen LogP contribution in [0.2, 0.25) is 0 Å². The Bertz CT molecular complexity index is 2730. The van der Waals surface area contributed by atoms with Crippen LogP contribution in [0.4, 0.5) is 40.6 Å². The summed E-state index contributed by atoms with van der Waals surface area (Å²) in [5.41, 5.74) is -0.659. The molecule has 3 fully saturated rings. The van der Waals surface area contributed by atoms with Gasteiger partial charge in [0.1, 0.15) is 17.4 Å². The van der Waals surface area contributed by atoms with Crippen molar-refractivity contribution in [2.45, 2.75) is 58.3 Å². The van der Waals surface area contributed by atoms with Crippen molar-refractivity contribution >= 4 is 63.2 Å². The van der Waals surface area contributed by atoms with Gasteiger partial charge in [-0.1, -0.05) is 6.92 Å². The number of aromatic amines is 1. The van der Waals surface area contributed by atoms with Crippen LogP contribution in [-0.4, -0.2) is 103 Å². The lowest BCUT2D eigenvalue weighted by atomic mass is 9.96. The van der Waals surface area contributed by atoms with Crippen LogP contribution in [0.1, 0.15) is 66.4 Å². The van der Waals surface area contributed by atoms with E-state index in [9.17, 15) is 27.6 Å². The number of carbonyl (C=O) groups is 2. The molecule has 0 saturated carbocycles. The fourth-order valence-electron chi connectivity index (χ4n) is 8.50. The molecule has 3 aliphatic rings. The molecule has 0 spiro atoms. The number of H-pyrrole nitrogens is 1. The minimum absolute atomic E-state index is 0.0590. The van der Waals surface area contributed by atoms with Crippen LogP contribution < -0.4 is 25.6 Å². The molecule has 0 aliphatic carbocycles. The van der Waals surface area contributed by atoms with E-state index in [4.69, 9.17) is 17.5 Å². The van der Waals surface area contributed by atoms with Gasteiger partial charge in [0.2, 0.25) is 5.95 Å². The van der Waals surface area contributed by atoms with Crippen molar-refractivity contribution in [1.82, 2.24) is 34.7 Å². The number of pyridine rings is 3. The molecule has 0 radical (unpaired) electrons. The first-order chi connectivity index (χ1) is 30.5. The first-order valence-corrected chi connectivity index (χ1v) is 21.2. The van der Waals surface area contributed by atoms with E-state index >= 15 is 4.39 Å². The molecule has 8 rings (SSSR count). The largest absolute Gasteiger partial charge is 0.419 e. The smallest absolute Gasteiger partial charge is 0.341 e. The van der Waals surface area contributed by atoms with Gasteiger partial charge in [-0.2, -0.15) is 18.4 Å². The van der Waals surface area contributed by atoms with Crippen molar-refractivity contribution in [2.75, 3.05) is 65.8 Å². The number of alkyl halides is 3. The second kappa shape index (κ2) is 17.6. The van der Waals surface area contributed by atoms with E-state index in [1.165, 1.54) is 49.3 Å². The fraction of sp³-hybridized carbons (Fsp3) is 0.386. The average Bonchev–Trinajstić information content (AvgIpc) is 3.45. The normalized spacial score (nSPS) is 17.6. The molecular weight excluding hydrogens is 853 g/mol. The predicted molar refractivity (Wildman–Crippen MR) is 235 cm³/mol. The summed E-state index contributed by atoms with van der Waals surface area (Å²) in [5, 5.41) is 11.5. The van der Waals surface area contributed by atoms with E-state index in [0.29, 0.717) is 24.4 Å². The lowest BCUT2D eigenvalue weighted by Crippen LogP contribution is -2.48. The van der Waals surface area contributed by atoms with Gasteiger partial charge in [-0.15, -0.1) is 0 Å². The number of carbonyl (C=O) groups excluding carboxylic acids is 2. The Labute approximate surface area is 370 Å². The third-order valence-electron chi connectivity index (χ3n) is 12.1. The number of piperidine rings is 1. The highest BCUT2D eigenvalue weighted by atomic mass is 32.1. The molecule has 2 amide bonds. The summed E-state index contributed by atoms with van der Waals surface area (Å²) < 4.78 is 56.7. The van der Waals surface area contributed by atoms with Crippen LogP contribution in [0.5, 0.6) is 0 Å². The quantitative estimate of drug-likeness (QED) is 0.126. The molecule has 7 heterocycles. The van der Waals surface area contributed by atoms with Gasteiger partial charge in [-0.25, -0.2) is 19.3 Å². The number of hydrogen-bond donors (Lipinski definition) is 2. The molecule has 3 aliphatic heterocycles. The number of thiocarbonyl (C=S) groups is 1. The van der Waals surface area contributed by atoms with Gasteiger partial charge in [0.15, 0.2) is 10.8 Å². The molecule has 3 saturated heterocycles. The molecule has 1 aromatic carbocycles. The lowest BCUT2D eigenvalue weighted by molar-refractivity contribution is -0.138. The number of rotatable bonds is 10. The van der Waals surface area contributed by atoms with Crippen molar-refractivity contribution in [3.05, 3.63) is 105 Å². The van der Waals surface area contributed by atoms with Crippen LogP contribution in [0.25, 0.3) is 11.0 Å². The highest BCUT2D eigenvalue weighted by Crippen LogP contribution is 2.39. The number of piperazine rings is 1. The van der Waals surface area contributed by atoms with Crippen molar-refractivity contribution in [1.29, 1.82) is 5.26 Å². The summed E-state index contributed by atoms with van der Waals surface area (Å²) in [6, 6.07) is 9.52. The highest BCUT2D eigenvalue weighted by molar-refractivity contribution is 7.81. The Morgan fingerprint density at radius 3 is 2.30 bits per heavy atom. The summed E-state index contributed by atoms with van der Waals surface area (Å²) >= 11 is 5.52. The second-order valence-electron chi connectivity index (χ2n) is 16.7. The number of fused-ring (bicyclic) bond motifs is 1. The molecule has 0 unspecified atom stereocenters. The third-order valence-corrected chi connectivity index (χ3v) is 12.4. The molecule has 20 heteroatoms. The SMILES string of the molecule is CCc1cc2ncc(CN3CCN(CC4CCN(c5ncc(NC(=O)c6ccc(N7C(=S)N(c8cnc(C#N)c(C(F)(F)F)c8)C(=O)C7(C)C)cc6F)cn5)CC4)CC3)cc2[nH]c1=O. The predicted octanol–water partition coefficient (Wildman–Crippen LogP) is 5.90. The van der Waals surface area contributed by atoms with Gasteiger partial charge in [0.25, 0.3) is 17.4 Å². The Morgan fingerprint density at radius 1 is 0.938 bits per heavy atom. The van der Waals surface area contributed by atoms with Gasteiger partial charge in [-0.3, -0.25) is 29.2 Å². The topological polar surface area (TPSA) is 171 Å². The highest BCUT2D eigenvalue weighted by Gasteiger charge is 2.51. The van der Waals surface area contributed by atoms with Crippen molar-refractivity contribution in [3.63, 3.8) is 0 Å². The molecular formula is C44H44F4N12O3S. The Balaban J connectivity index is 0.819. The van der Waals surface area contributed by atoms with Crippen LogP contribution in [0, 0.1) is 23.1 Å². The summed E-state index contributed by atoms with van der Waals surface area (Å²) in [6.45, 7) is 12.1. The number of hydrogen-bond acceptors (Lipinski definition) is 12. The number of nitriles is 1. The molecule has 332 valence electrons. The molecule has 5 aromatic rings. The van der Waals surface area contributed by atoms with Gasteiger partial charge in [0.05, 0.1) is 52.1 Å². The van der Waals surface area contributed by atoms with E-state index in [-0.39, 0.29) is 33.3 Å². The van der Waals surface area contributed by atoms with Crippen LogP contribution in [0.3, 0.4) is 0 Å². The van der Waals surface area contributed by atoms with Gasteiger partial charge in [0, 0.05) is 69.8 Å². The number of anilines is 4. The van der Waals surface area contributed by atoms with E-state index < -0.39 is 40.6 Å². The number of aryl methyl sites for hydroxylation is 1. The van der Waals surface area contributed by atoms with E-state index in [0.717, 1.165) is 105 Å². The Hall–Kier alpha value is -6.43. The van der Waals surface area contributed by atoms with Crippen molar-refractivity contribution in [2.24, 2.45) is 5.92 Å². The van der Waals surface area contributed by atoms with Crippen LogP contribution >= 0.6 is 12.2 Å². The average molecular weight is 897 g/mol. The van der Waals surface area contributed by atoms with Crippen molar-refractivity contribution in [3.8, 4) is 6.07 Å². The molecule has 15 nitrogen and oxygen atoms in total. The molecule has 0 bridgehead atoms. The number of aromatic nitrogens is 5. The maximum absolute atomic E-state index is 15.6. The molecule has 2 N–H and O–H groups in total. The summed E-state index contributed by atoms with van der Waals surface area (Å²) in [6.07, 6.45) is 3.46. The minimum atomic E-state index is -4.93. The lowest BCUT2D eigenvalue weighted by Gasteiger charge is -2.39. The van der Waals surface area contributed by atoms with Gasteiger partial charge in [-0.05, 0) is 93.2 Å². The third kappa shape index (κ3) is 8.87. The van der Waals surface area contributed by atoms with E-state index in [1.54, 1.807) is 0 Å². The number of nitrogens with one attached hydrogen (secondary N) is 2.